The van der Waals surface area contributed by atoms with Crippen LogP contribution in [0.1, 0.15) is 15.2 Å². The number of thiophene rings is 1. The summed E-state index contributed by atoms with van der Waals surface area (Å²) in [6, 6.07) is 13.5. The Labute approximate surface area is 137 Å². The van der Waals surface area contributed by atoms with Crippen molar-refractivity contribution >= 4 is 28.7 Å². The van der Waals surface area contributed by atoms with Gasteiger partial charge in [-0.15, -0.1) is 11.3 Å². The van der Waals surface area contributed by atoms with Gasteiger partial charge in [-0.3, -0.25) is 4.79 Å². The number of halogens is 1. The van der Waals surface area contributed by atoms with Crippen LogP contribution < -0.4 is 10.6 Å². The van der Waals surface area contributed by atoms with Gasteiger partial charge in [0, 0.05) is 11.1 Å². The molecule has 0 atom stereocenters. The van der Waals surface area contributed by atoms with Crippen LogP contribution in [0, 0.1) is 5.82 Å². The lowest BCUT2D eigenvalue weighted by Gasteiger charge is -2.11. The summed E-state index contributed by atoms with van der Waals surface area (Å²) in [5.41, 5.74) is 0.644. The number of nitrogens with one attached hydrogen (secondary N) is 2. The molecule has 0 spiro atoms. The maximum atomic E-state index is 13.8. The summed E-state index contributed by atoms with van der Waals surface area (Å²) >= 11 is 1.57. The van der Waals surface area contributed by atoms with Crippen molar-refractivity contribution in [3.8, 4) is 0 Å². The Hall–Kier alpha value is -2.73. The predicted octanol–water partition coefficient (Wildman–Crippen LogP) is 3.96. The molecule has 3 rings (SSSR count). The van der Waals surface area contributed by atoms with E-state index in [9.17, 15) is 9.18 Å². The number of hydrogen-bond donors (Lipinski definition) is 2. The maximum Gasteiger partial charge on any atom is 0.255 e. The highest BCUT2D eigenvalue weighted by Crippen LogP contribution is 2.21. The standard InChI is InChI=1S/C17H14FN3OS/c18-14-7-1-2-8-15(14)21-16-13(6-3-9-19-16)17(22)20-11-12-5-4-10-23-12/h1-10H,11H2,(H,19,21)(H,20,22). The van der Waals surface area contributed by atoms with Crippen molar-refractivity contribution in [2.45, 2.75) is 6.54 Å². The summed E-state index contributed by atoms with van der Waals surface area (Å²) in [7, 11) is 0. The Kier molecular flexibility index (Phi) is 4.63. The smallest absolute Gasteiger partial charge is 0.255 e. The number of carbonyl (C=O) groups is 1. The molecule has 0 radical (unpaired) electrons. The number of anilines is 2. The fourth-order valence-corrected chi connectivity index (χ4v) is 2.70. The van der Waals surface area contributed by atoms with Crippen molar-refractivity contribution in [3.63, 3.8) is 0 Å². The molecule has 0 aliphatic carbocycles. The maximum absolute atomic E-state index is 13.8. The first kappa shape index (κ1) is 15.2. The minimum Gasteiger partial charge on any atom is -0.347 e. The molecule has 1 aromatic carbocycles. The van der Waals surface area contributed by atoms with Gasteiger partial charge >= 0.3 is 0 Å². The van der Waals surface area contributed by atoms with Crippen LogP contribution in [0.4, 0.5) is 15.9 Å². The molecule has 2 aromatic heterocycles. The second-order valence-corrected chi connectivity index (χ2v) is 5.80. The number of carbonyl (C=O) groups excluding carboxylic acids is 1. The minimum atomic E-state index is -0.400. The van der Waals surface area contributed by atoms with Crippen LogP contribution >= 0.6 is 11.3 Å². The highest BCUT2D eigenvalue weighted by atomic mass is 32.1. The Morgan fingerprint density at radius 3 is 2.78 bits per heavy atom. The van der Waals surface area contributed by atoms with Crippen molar-refractivity contribution in [2.75, 3.05) is 5.32 Å². The van der Waals surface area contributed by atoms with Crippen molar-refractivity contribution in [1.82, 2.24) is 10.3 Å². The molecule has 0 fully saturated rings. The van der Waals surface area contributed by atoms with Crippen molar-refractivity contribution in [3.05, 3.63) is 76.4 Å². The normalized spacial score (nSPS) is 10.3. The first-order valence-electron chi connectivity index (χ1n) is 7.01. The Bertz CT molecular complexity index is 805. The number of aromatic nitrogens is 1. The summed E-state index contributed by atoms with van der Waals surface area (Å²) in [6.07, 6.45) is 1.55. The average Bonchev–Trinajstić information content (AvgIpc) is 3.09. The number of para-hydroxylation sites is 1. The van der Waals surface area contributed by atoms with E-state index in [2.05, 4.69) is 15.6 Å². The lowest BCUT2D eigenvalue weighted by Crippen LogP contribution is -2.23. The van der Waals surface area contributed by atoms with E-state index < -0.39 is 5.82 Å². The zero-order valence-corrected chi connectivity index (χ0v) is 12.9. The number of pyridine rings is 1. The molecule has 116 valence electrons. The van der Waals surface area contributed by atoms with Crippen LogP contribution in [0.25, 0.3) is 0 Å². The van der Waals surface area contributed by atoms with Gasteiger partial charge in [-0.25, -0.2) is 9.37 Å². The minimum absolute atomic E-state index is 0.259. The molecule has 1 amide bonds. The lowest BCUT2D eigenvalue weighted by atomic mass is 10.2. The van der Waals surface area contributed by atoms with Crippen molar-refractivity contribution in [1.29, 1.82) is 0 Å². The van der Waals surface area contributed by atoms with E-state index in [1.165, 1.54) is 6.07 Å². The van der Waals surface area contributed by atoms with E-state index >= 15 is 0 Å². The Morgan fingerprint density at radius 1 is 1.13 bits per heavy atom. The lowest BCUT2D eigenvalue weighted by molar-refractivity contribution is 0.0952. The summed E-state index contributed by atoms with van der Waals surface area (Å²) in [5, 5.41) is 7.67. The highest BCUT2D eigenvalue weighted by Gasteiger charge is 2.13. The third kappa shape index (κ3) is 3.73. The fraction of sp³-hybridized carbons (Fsp3) is 0.0588. The zero-order chi connectivity index (χ0) is 16.1. The van der Waals surface area contributed by atoms with Gasteiger partial charge in [-0.1, -0.05) is 18.2 Å². The second-order valence-electron chi connectivity index (χ2n) is 4.77. The Morgan fingerprint density at radius 2 is 2.00 bits per heavy atom. The van der Waals surface area contributed by atoms with Gasteiger partial charge in [0.15, 0.2) is 0 Å². The quantitative estimate of drug-likeness (QED) is 0.746. The third-order valence-corrected chi connectivity index (χ3v) is 4.06. The molecule has 0 saturated heterocycles. The first-order chi connectivity index (χ1) is 11.2. The molecule has 6 heteroatoms. The zero-order valence-electron chi connectivity index (χ0n) is 12.1. The molecule has 0 unspecified atom stereocenters. The molecular weight excluding hydrogens is 313 g/mol. The van der Waals surface area contributed by atoms with Gasteiger partial charge < -0.3 is 10.6 Å². The molecule has 23 heavy (non-hydrogen) atoms. The molecule has 0 aliphatic heterocycles. The van der Waals surface area contributed by atoms with Gasteiger partial charge in [0.2, 0.25) is 0 Å². The van der Waals surface area contributed by atoms with Crippen LogP contribution in [0.5, 0.6) is 0 Å². The number of hydrogen-bond acceptors (Lipinski definition) is 4. The van der Waals surface area contributed by atoms with Gasteiger partial charge in [0.1, 0.15) is 11.6 Å². The largest absolute Gasteiger partial charge is 0.347 e. The van der Waals surface area contributed by atoms with Crippen molar-refractivity contribution in [2.24, 2.45) is 0 Å². The van der Waals surface area contributed by atoms with E-state index in [1.54, 1.807) is 47.9 Å². The first-order valence-corrected chi connectivity index (χ1v) is 7.89. The van der Waals surface area contributed by atoms with Gasteiger partial charge in [-0.05, 0) is 35.7 Å². The van der Waals surface area contributed by atoms with Gasteiger partial charge in [0.25, 0.3) is 5.91 Å². The van der Waals surface area contributed by atoms with Crippen LogP contribution in [-0.4, -0.2) is 10.9 Å². The summed E-state index contributed by atoms with van der Waals surface area (Å²) in [6.45, 7) is 0.449. The molecule has 4 nitrogen and oxygen atoms in total. The van der Waals surface area contributed by atoms with E-state index in [0.29, 0.717) is 17.9 Å². The summed E-state index contributed by atoms with van der Waals surface area (Å²) < 4.78 is 13.8. The average molecular weight is 327 g/mol. The monoisotopic (exact) mass is 327 g/mol. The molecule has 0 bridgehead atoms. The summed E-state index contributed by atoms with van der Waals surface area (Å²) in [5.74, 6) is -0.338. The van der Waals surface area contributed by atoms with Crippen molar-refractivity contribution < 1.29 is 9.18 Å². The fourth-order valence-electron chi connectivity index (χ4n) is 2.05. The van der Waals surface area contributed by atoms with Crippen LogP contribution in [-0.2, 0) is 6.54 Å². The van der Waals surface area contributed by atoms with Crippen LogP contribution in [0.15, 0.2) is 60.1 Å². The topological polar surface area (TPSA) is 54.0 Å². The number of rotatable bonds is 5. The van der Waals surface area contributed by atoms with Crippen LogP contribution in [0.3, 0.4) is 0 Å². The summed E-state index contributed by atoms with van der Waals surface area (Å²) in [4.78, 5) is 17.6. The predicted molar refractivity (Wildman–Crippen MR) is 89.4 cm³/mol. The number of amides is 1. The molecule has 2 N–H and O–H groups in total. The molecule has 0 aliphatic rings. The molecular formula is C17H14FN3OS. The van der Waals surface area contributed by atoms with E-state index in [4.69, 9.17) is 0 Å². The number of benzene rings is 1. The molecule has 3 aromatic rings. The molecule has 2 heterocycles. The van der Waals surface area contributed by atoms with Gasteiger partial charge in [-0.2, -0.15) is 0 Å². The van der Waals surface area contributed by atoms with Crippen LogP contribution in [0.2, 0.25) is 0 Å². The third-order valence-electron chi connectivity index (χ3n) is 3.18. The van der Waals surface area contributed by atoms with E-state index in [1.807, 2.05) is 17.5 Å². The van der Waals surface area contributed by atoms with Gasteiger partial charge in [0.05, 0.1) is 17.8 Å². The number of nitrogens with zero attached hydrogens (tertiary/aromatic N) is 1. The van der Waals surface area contributed by atoms with E-state index in [0.717, 1.165) is 4.88 Å². The second kappa shape index (κ2) is 7.02. The Balaban J connectivity index is 1.77. The van der Waals surface area contributed by atoms with E-state index in [-0.39, 0.29) is 11.6 Å². The molecule has 0 saturated carbocycles. The SMILES string of the molecule is O=C(NCc1cccs1)c1cccnc1Nc1ccccc1F. The highest BCUT2D eigenvalue weighted by molar-refractivity contribution is 7.09.